The van der Waals surface area contributed by atoms with Crippen LogP contribution in [-0.2, 0) is 10.5 Å². The number of hydrogen-bond acceptors (Lipinski definition) is 4. The van der Waals surface area contributed by atoms with Crippen molar-refractivity contribution in [3.05, 3.63) is 107 Å². The number of thioether (sulfide) groups is 1. The largest absolute Gasteiger partial charge is 0.480 e. The molecule has 0 aliphatic rings. The number of nitrogens with one attached hydrogen (secondary N) is 1. The Morgan fingerprint density at radius 1 is 0.917 bits per heavy atom. The number of rotatable bonds is 9. The van der Waals surface area contributed by atoms with Crippen molar-refractivity contribution in [1.82, 2.24) is 10.2 Å². The van der Waals surface area contributed by atoms with Crippen molar-refractivity contribution in [2.45, 2.75) is 25.1 Å². The maximum Gasteiger partial charge on any atom is 0.327 e. The molecule has 184 valence electrons. The molecule has 0 radical (unpaired) electrons. The van der Waals surface area contributed by atoms with E-state index in [1.807, 2.05) is 67.6 Å². The smallest absolute Gasteiger partial charge is 0.327 e. The highest BCUT2D eigenvalue weighted by Gasteiger charge is 2.27. The molecule has 0 fully saturated rings. The average Bonchev–Trinajstić information content (AvgIpc) is 2.90. The summed E-state index contributed by atoms with van der Waals surface area (Å²) in [5.41, 5.74) is 2.87. The Labute approximate surface area is 215 Å². The summed E-state index contributed by atoms with van der Waals surface area (Å²) in [5, 5.41) is 12.1. The standard InChI is InChI=1S/C29H28N2O4S/c1-2-18-31(29(35)30-26(28(33)34)21-36-20-24-12-7-4-8-13-24)27(32)25-15-9-14-23(19-25)17-16-22-10-5-3-6-11-22/h3-15,19,26H,2,18,20-21H2,1H3,(H,30,35)(H,33,34)/t26-/m0/s1. The monoisotopic (exact) mass is 500 g/mol. The molecule has 0 aliphatic heterocycles. The van der Waals surface area contributed by atoms with E-state index in [1.165, 1.54) is 11.8 Å². The van der Waals surface area contributed by atoms with Crippen molar-refractivity contribution in [2.75, 3.05) is 12.3 Å². The summed E-state index contributed by atoms with van der Waals surface area (Å²) in [4.78, 5) is 39.0. The number of hydrogen-bond donors (Lipinski definition) is 2. The van der Waals surface area contributed by atoms with Crippen LogP contribution in [0.2, 0.25) is 0 Å². The van der Waals surface area contributed by atoms with Gasteiger partial charge < -0.3 is 10.4 Å². The lowest BCUT2D eigenvalue weighted by atomic mass is 10.1. The highest BCUT2D eigenvalue weighted by Crippen LogP contribution is 2.14. The molecule has 0 saturated heterocycles. The molecule has 3 aromatic carbocycles. The van der Waals surface area contributed by atoms with Crippen LogP contribution >= 0.6 is 11.8 Å². The number of carboxylic acids is 1. The minimum Gasteiger partial charge on any atom is -0.480 e. The molecule has 1 atom stereocenters. The summed E-state index contributed by atoms with van der Waals surface area (Å²) in [6, 6.07) is 24.1. The first-order valence-corrected chi connectivity index (χ1v) is 12.8. The van der Waals surface area contributed by atoms with Crippen molar-refractivity contribution >= 4 is 29.7 Å². The Hall–Kier alpha value is -4.02. The predicted molar refractivity (Wildman–Crippen MR) is 143 cm³/mol. The maximum absolute atomic E-state index is 13.2. The maximum atomic E-state index is 13.2. The second kappa shape index (κ2) is 13.8. The Balaban J connectivity index is 1.68. The lowest BCUT2D eigenvalue weighted by molar-refractivity contribution is -0.138. The van der Waals surface area contributed by atoms with Crippen LogP contribution in [0.5, 0.6) is 0 Å². The van der Waals surface area contributed by atoms with E-state index in [-0.39, 0.29) is 12.3 Å². The molecular formula is C29H28N2O4S. The number of imide groups is 1. The molecule has 6 nitrogen and oxygen atoms in total. The third-order valence-corrected chi connectivity index (χ3v) is 6.27. The van der Waals surface area contributed by atoms with Gasteiger partial charge in [-0.3, -0.25) is 9.69 Å². The van der Waals surface area contributed by atoms with Gasteiger partial charge in [-0.15, -0.1) is 0 Å². The van der Waals surface area contributed by atoms with Crippen LogP contribution in [0, 0.1) is 11.8 Å². The minimum atomic E-state index is -1.15. The van der Waals surface area contributed by atoms with Crippen LogP contribution < -0.4 is 5.32 Å². The predicted octanol–water partition coefficient (Wildman–Crippen LogP) is 5.03. The van der Waals surface area contributed by atoms with Crippen LogP contribution in [0.3, 0.4) is 0 Å². The average molecular weight is 501 g/mol. The van der Waals surface area contributed by atoms with E-state index in [4.69, 9.17) is 0 Å². The Bertz CT molecular complexity index is 1240. The third kappa shape index (κ3) is 8.03. The fourth-order valence-corrected chi connectivity index (χ4v) is 4.35. The first-order valence-electron chi connectivity index (χ1n) is 11.6. The van der Waals surface area contributed by atoms with Crippen LogP contribution in [0.1, 0.15) is 40.4 Å². The highest BCUT2D eigenvalue weighted by molar-refractivity contribution is 7.98. The molecule has 0 aliphatic carbocycles. The van der Waals surface area contributed by atoms with E-state index in [0.29, 0.717) is 23.3 Å². The molecule has 2 N–H and O–H groups in total. The zero-order valence-electron chi connectivity index (χ0n) is 20.0. The molecular weight excluding hydrogens is 472 g/mol. The van der Waals surface area contributed by atoms with Crippen molar-refractivity contribution < 1.29 is 19.5 Å². The number of benzene rings is 3. The van der Waals surface area contributed by atoms with Gasteiger partial charge in [0, 0.05) is 34.7 Å². The molecule has 7 heteroatoms. The molecule has 3 aromatic rings. The van der Waals surface area contributed by atoms with Gasteiger partial charge in [-0.05, 0) is 42.3 Å². The second-order valence-electron chi connectivity index (χ2n) is 7.99. The van der Waals surface area contributed by atoms with Crippen LogP contribution in [0.15, 0.2) is 84.9 Å². The number of aliphatic carboxylic acids is 1. The number of nitrogens with zero attached hydrogens (tertiary/aromatic N) is 1. The summed E-state index contributed by atoms with van der Waals surface area (Å²) < 4.78 is 0. The summed E-state index contributed by atoms with van der Waals surface area (Å²) in [6.45, 7) is 2.01. The van der Waals surface area contributed by atoms with E-state index in [0.717, 1.165) is 16.0 Å². The number of carboxylic acid groups (broad SMARTS) is 1. The summed E-state index contributed by atoms with van der Waals surface area (Å²) in [5.74, 6) is 5.24. The van der Waals surface area contributed by atoms with E-state index in [1.54, 1.807) is 24.3 Å². The van der Waals surface area contributed by atoms with Gasteiger partial charge in [-0.1, -0.05) is 73.4 Å². The molecule has 0 heterocycles. The van der Waals surface area contributed by atoms with Crippen molar-refractivity contribution in [3.8, 4) is 11.8 Å². The molecule has 36 heavy (non-hydrogen) atoms. The Kier molecular flexibility index (Phi) is 10.2. The molecule has 0 aromatic heterocycles. The Morgan fingerprint density at radius 2 is 1.56 bits per heavy atom. The lowest BCUT2D eigenvalue weighted by Gasteiger charge is -2.23. The molecule has 0 unspecified atom stereocenters. The molecule has 0 spiro atoms. The van der Waals surface area contributed by atoms with Crippen LogP contribution in [0.25, 0.3) is 0 Å². The number of carbonyl (C=O) groups is 3. The van der Waals surface area contributed by atoms with Gasteiger partial charge in [0.05, 0.1) is 0 Å². The summed E-state index contributed by atoms with van der Waals surface area (Å²) in [6.07, 6.45) is 0.535. The summed E-state index contributed by atoms with van der Waals surface area (Å²) >= 11 is 1.41. The van der Waals surface area contributed by atoms with Crippen molar-refractivity contribution in [2.24, 2.45) is 0 Å². The fraction of sp³-hybridized carbons (Fsp3) is 0.207. The molecule has 3 rings (SSSR count). The van der Waals surface area contributed by atoms with Crippen LogP contribution in [-0.4, -0.2) is 46.3 Å². The lowest BCUT2D eigenvalue weighted by Crippen LogP contribution is -2.51. The zero-order valence-corrected chi connectivity index (χ0v) is 20.8. The minimum absolute atomic E-state index is 0.161. The third-order valence-electron chi connectivity index (χ3n) is 5.16. The molecule has 3 amide bonds. The highest BCUT2D eigenvalue weighted by atomic mass is 32.2. The second-order valence-corrected chi connectivity index (χ2v) is 9.02. The van der Waals surface area contributed by atoms with Gasteiger partial charge in [0.1, 0.15) is 6.04 Å². The summed E-state index contributed by atoms with van der Waals surface area (Å²) in [7, 11) is 0. The Morgan fingerprint density at radius 3 is 2.22 bits per heavy atom. The van der Waals surface area contributed by atoms with E-state index < -0.39 is 23.9 Å². The SMILES string of the molecule is CCCN(C(=O)N[C@@H](CSCc1ccccc1)C(=O)O)C(=O)c1cccc(C#Cc2ccccc2)c1. The van der Waals surface area contributed by atoms with Gasteiger partial charge in [0.2, 0.25) is 0 Å². The van der Waals surface area contributed by atoms with E-state index >= 15 is 0 Å². The van der Waals surface area contributed by atoms with Gasteiger partial charge in [-0.2, -0.15) is 11.8 Å². The van der Waals surface area contributed by atoms with Crippen molar-refractivity contribution in [1.29, 1.82) is 0 Å². The van der Waals surface area contributed by atoms with Gasteiger partial charge >= 0.3 is 12.0 Å². The zero-order chi connectivity index (χ0) is 25.8. The van der Waals surface area contributed by atoms with E-state index in [2.05, 4.69) is 17.2 Å². The first kappa shape index (κ1) is 26.6. The van der Waals surface area contributed by atoms with Gasteiger partial charge in [0.15, 0.2) is 0 Å². The topological polar surface area (TPSA) is 86.7 Å². The number of amides is 3. The molecule has 0 saturated carbocycles. The van der Waals surface area contributed by atoms with E-state index in [9.17, 15) is 19.5 Å². The van der Waals surface area contributed by atoms with Crippen molar-refractivity contribution in [3.63, 3.8) is 0 Å². The first-order chi connectivity index (χ1) is 17.5. The van der Waals surface area contributed by atoms with Gasteiger partial charge in [-0.25, -0.2) is 9.59 Å². The fourth-order valence-electron chi connectivity index (χ4n) is 3.34. The molecule has 0 bridgehead atoms. The number of carbonyl (C=O) groups excluding carboxylic acids is 2. The quantitative estimate of drug-likeness (QED) is 0.402. The normalized spacial score (nSPS) is 11.0. The van der Waals surface area contributed by atoms with Gasteiger partial charge in [0.25, 0.3) is 5.91 Å². The number of urea groups is 1. The van der Waals surface area contributed by atoms with Crippen LogP contribution in [0.4, 0.5) is 4.79 Å².